The minimum atomic E-state index is -0.0822. The molecule has 0 aromatic heterocycles. The summed E-state index contributed by atoms with van der Waals surface area (Å²) < 4.78 is 0. The highest BCUT2D eigenvalue weighted by molar-refractivity contribution is 5.98. The van der Waals surface area contributed by atoms with Crippen LogP contribution in [0.2, 0.25) is 0 Å². The van der Waals surface area contributed by atoms with Gasteiger partial charge in [-0.15, -0.1) is 0 Å². The van der Waals surface area contributed by atoms with Gasteiger partial charge in [0, 0.05) is 25.7 Å². The third-order valence-electron chi connectivity index (χ3n) is 4.48. The molecule has 0 bridgehead atoms. The van der Waals surface area contributed by atoms with Gasteiger partial charge in [0.1, 0.15) is 6.54 Å². The molecule has 4 nitrogen and oxygen atoms in total. The zero-order chi connectivity index (χ0) is 16.8. The molecule has 1 aromatic rings. The fourth-order valence-electron chi connectivity index (χ4n) is 3.14. The third kappa shape index (κ3) is 4.57. The first-order valence-electron chi connectivity index (χ1n) is 8.65. The smallest absolute Gasteiger partial charge is 0.242 e. The van der Waals surface area contributed by atoms with E-state index in [1.807, 2.05) is 29.2 Å². The van der Waals surface area contributed by atoms with E-state index in [1.54, 1.807) is 4.90 Å². The van der Waals surface area contributed by atoms with Gasteiger partial charge in [-0.2, -0.15) is 0 Å². The van der Waals surface area contributed by atoms with Crippen LogP contribution in [0.4, 0.5) is 5.69 Å². The molecule has 1 fully saturated rings. The second kappa shape index (κ2) is 8.14. The number of anilines is 1. The van der Waals surface area contributed by atoms with Crippen LogP contribution < -0.4 is 4.90 Å². The monoisotopic (exact) mass is 316 g/mol. The molecule has 0 unspecified atom stereocenters. The van der Waals surface area contributed by atoms with Crippen molar-refractivity contribution in [2.45, 2.75) is 52.4 Å². The number of carbonyl (C=O) groups is 2. The van der Waals surface area contributed by atoms with Crippen molar-refractivity contribution in [3.05, 3.63) is 29.8 Å². The first-order chi connectivity index (χ1) is 11.0. The van der Waals surface area contributed by atoms with Gasteiger partial charge >= 0.3 is 0 Å². The molecule has 0 N–H and O–H groups in total. The van der Waals surface area contributed by atoms with Crippen molar-refractivity contribution in [2.75, 3.05) is 24.5 Å². The number of nitrogens with zero attached hydrogens (tertiary/aromatic N) is 2. The maximum atomic E-state index is 12.7. The molecule has 0 saturated carbocycles. The molecule has 1 saturated heterocycles. The van der Waals surface area contributed by atoms with Crippen molar-refractivity contribution >= 4 is 17.5 Å². The largest absolute Gasteiger partial charge is 0.341 e. The summed E-state index contributed by atoms with van der Waals surface area (Å²) in [5.74, 6) is 0.281. The Morgan fingerprint density at radius 2 is 1.70 bits per heavy atom. The van der Waals surface area contributed by atoms with E-state index < -0.39 is 0 Å². The van der Waals surface area contributed by atoms with Crippen LogP contribution in [0, 0.1) is 0 Å². The molecular formula is C19H28N2O2. The number of para-hydroxylation sites is 1. The summed E-state index contributed by atoms with van der Waals surface area (Å²) in [5.41, 5.74) is 1.96. The highest BCUT2D eigenvalue weighted by atomic mass is 16.2. The van der Waals surface area contributed by atoms with Crippen LogP contribution in [0.5, 0.6) is 0 Å². The lowest BCUT2D eigenvalue weighted by Gasteiger charge is -2.28. The predicted molar refractivity (Wildman–Crippen MR) is 93.6 cm³/mol. The summed E-state index contributed by atoms with van der Waals surface area (Å²) in [7, 11) is 0. The molecule has 2 rings (SSSR count). The van der Waals surface area contributed by atoms with E-state index >= 15 is 0 Å². The third-order valence-corrected chi connectivity index (χ3v) is 4.48. The minimum absolute atomic E-state index is 0.0562. The van der Waals surface area contributed by atoms with Crippen molar-refractivity contribution in [1.82, 2.24) is 4.90 Å². The number of likely N-dealkylation sites (tertiary alicyclic amines) is 1. The average Bonchev–Trinajstić information content (AvgIpc) is 2.81. The van der Waals surface area contributed by atoms with Crippen LogP contribution in [0.15, 0.2) is 24.3 Å². The van der Waals surface area contributed by atoms with Crippen LogP contribution in [-0.2, 0) is 9.59 Å². The first-order valence-corrected chi connectivity index (χ1v) is 8.65. The maximum Gasteiger partial charge on any atom is 0.242 e. The van der Waals surface area contributed by atoms with Gasteiger partial charge < -0.3 is 9.80 Å². The van der Waals surface area contributed by atoms with Gasteiger partial charge in [-0.25, -0.2) is 0 Å². The van der Waals surface area contributed by atoms with Gasteiger partial charge in [0.05, 0.1) is 0 Å². The van der Waals surface area contributed by atoms with Gasteiger partial charge in [-0.3, -0.25) is 9.59 Å². The molecule has 0 radical (unpaired) electrons. The fourth-order valence-corrected chi connectivity index (χ4v) is 3.14. The van der Waals surface area contributed by atoms with Gasteiger partial charge in [0.2, 0.25) is 11.8 Å². The molecule has 0 spiro atoms. The van der Waals surface area contributed by atoms with Gasteiger partial charge in [0.15, 0.2) is 0 Å². The quantitative estimate of drug-likeness (QED) is 0.852. The average molecular weight is 316 g/mol. The fraction of sp³-hybridized carbons (Fsp3) is 0.579. The van der Waals surface area contributed by atoms with Crippen LogP contribution in [-0.4, -0.2) is 36.3 Å². The molecule has 23 heavy (non-hydrogen) atoms. The highest BCUT2D eigenvalue weighted by Gasteiger charge is 2.23. The van der Waals surface area contributed by atoms with E-state index in [2.05, 4.69) is 13.8 Å². The summed E-state index contributed by atoms with van der Waals surface area (Å²) in [6.07, 6.45) is 4.51. The minimum Gasteiger partial charge on any atom is -0.341 e. The van der Waals surface area contributed by atoms with E-state index in [0.29, 0.717) is 5.92 Å². The van der Waals surface area contributed by atoms with Gasteiger partial charge in [-0.05, 0) is 30.4 Å². The van der Waals surface area contributed by atoms with Crippen molar-refractivity contribution in [3.63, 3.8) is 0 Å². The van der Waals surface area contributed by atoms with Crippen LogP contribution in [0.3, 0.4) is 0 Å². The van der Waals surface area contributed by atoms with Crippen molar-refractivity contribution in [3.8, 4) is 0 Å². The summed E-state index contributed by atoms with van der Waals surface area (Å²) in [5, 5.41) is 0. The Hall–Kier alpha value is -1.84. The summed E-state index contributed by atoms with van der Waals surface area (Å²) in [6.45, 7) is 7.51. The number of hydrogen-bond acceptors (Lipinski definition) is 2. The van der Waals surface area contributed by atoms with Gasteiger partial charge in [-0.1, -0.05) is 44.9 Å². The first kappa shape index (κ1) is 17.5. The normalized spacial score (nSPS) is 15.4. The van der Waals surface area contributed by atoms with E-state index in [-0.39, 0.29) is 18.4 Å². The number of hydrogen-bond donors (Lipinski definition) is 0. The molecule has 0 aliphatic carbocycles. The molecule has 1 aliphatic heterocycles. The van der Waals surface area contributed by atoms with Crippen molar-refractivity contribution in [1.29, 1.82) is 0 Å². The number of benzene rings is 1. The van der Waals surface area contributed by atoms with Crippen LogP contribution >= 0.6 is 0 Å². The van der Waals surface area contributed by atoms with E-state index in [1.165, 1.54) is 19.8 Å². The molecule has 1 aliphatic rings. The van der Waals surface area contributed by atoms with Crippen molar-refractivity contribution in [2.24, 2.45) is 0 Å². The molecule has 126 valence electrons. The SMILES string of the molecule is CC(=O)N(CC(=O)N1CCCCCC1)c1ccccc1C(C)C. The lowest BCUT2D eigenvalue weighted by molar-refractivity contribution is -0.131. The standard InChI is InChI=1S/C19H28N2O2/c1-15(2)17-10-6-7-11-18(17)21(16(3)22)14-19(23)20-12-8-4-5-9-13-20/h6-7,10-11,15H,4-5,8-9,12-14H2,1-3H3. The van der Waals surface area contributed by atoms with Crippen LogP contribution in [0.25, 0.3) is 0 Å². The molecule has 0 atom stereocenters. The summed E-state index contributed by atoms with van der Waals surface area (Å²) >= 11 is 0. The lowest BCUT2D eigenvalue weighted by Crippen LogP contribution is -2.43. The highest BCUT2D eigenvalue weighted by Crippen LogP contribution is 2.27. The molecule has 4 heteroatoms. The topological polar surface area (TPSA) is 40.6 Å². The molecule has 1 aromatic carbocycles. The summed E-state index contributed by atoms with van der Waals surface area (Å²) in [6, 6.07) is 7.88. The predicted octanol–water partition coefficient (Wildman–Crippen LogP) is 3.57. The zero-order valence-corrected chi connectivity index (χ0v) is 14.5. The number of rotatable bonds is 4. The Bertz CT molecular complexity index is 546. The molecule has 2 amide bonds. The molecule has 1 heterocycles. The second-order valence-electron chi connectivity index (χ2n) is 6.61. The van der Waals surface area contributed by atoms with Crippen LogP contribution in [0.1, 0.15) is 57.9 Å². The number of amides is 2. The second-order valence-corrected chi connectivity index (χ2v) is 6.61. The van der Waals surface area contributed by atoms with E-state index in [4.69, 9.17) is 0 Å². The Morgan fingerprint density at radius 1 is 1.09 bits per heavy atom. The Balaban J connectivity index is 2.19. The zero-order valence-electron chi connectivity index (χ0n) is 14.5. The maximum absolute atomic E-state index is 12.7. The molecular weight excluding hydrogens is 288 g/mol. The van der Waals surface area contributed by atoms with Crippen molar-refractivity contribution < 1.29 is 9.59 Å². The summed E-state index contributed by atoms with van der Waals surface area (Å²) in [4.78, 5) is 28.4. The number of carbonyl (C=O) groups excluding carboxylic acids is 2. The lowest BCUT2D eigenvalue weighted by atomic mass is 10.0. The Kier molecular flexibility index (Phi) is 6.20. The van der Waals surface area contributed by atoms with Gasteiger partial charge in [0.25, 0.3) is 0 Å². The van der Waals surface area contributed by atoms with E-state index in [0.717, 1.165) is 37.2 Å². The van der Waals surface area contributed by atoms with E-state index in [9.17, 15) is 9.59 Å². The Labute approximate surface area is 139 Å². The Morgan fingerprint density at radius 3 is 2.26 bits per heavy atom.